The molecule has 8 atom stereocenters. The van der Waals surface area contributed by atoms with Crippen molar-refractivity contribution in [3.05, 3.63) is 0 Å². The van der Waals surface area contributed by atoms with Crippen molar-refractivity contribution >= 4 is 5.97 Å². The van der Waals surface area contributed by atoms with Crippen molar-refractivity contribution in [2.45, 2.75) is 111 Å². The van der Waals surface area contributed by atoms with Crippen molar-refractivity contribution in [1.29, 1.82) is 0 Å². The van der Waals surface area contributed by atoms with Crippen LogP contribution >= 0.6 is 0 Å². The van der Waals surface area contributed by atoms with E-state index in [0.717, 1.165) is 44.9 Å². The minimum Gasteiger partial charge on any atom is -0.462 e. The third-order valence-electron chi connectivity index (χ3n) is 10.3. The topological polar surface area (TPSA) is 66.8 Å². The van der Waals surface area contributed by atoms with Crippen molar-refractivity contribution in [1.82, 2.24) is 0 Å². The number of hydrogen-bond acceptors (Lipinski definition) is 4. The van der Waals surface area contributed by atoms with Crippen molar-refractivity contribution in [2.75, 3.05) is 6.61 Å². The van der Waals surface area contributed by atoms with E-state index in [9.17, 15) is 15.0 Å². The second-order valence-electron chi connectivity index (χ2n) is 12.5. The van der Waals surface area contributed by atoms with E-state index in [-0.39, 0.29) is 41.3 Å². The van der Waals surface area contributed by atoms with Crippen LogP contribution in [0.15, 0.2) is 0 Å². The Balaban J connectivity index is 1.59. The van der Waals surface area contributed by atoms with Gasteiger partial charge in [0.05, 0.1) is 11.0 Å². The average Bonchev–Trinajstić information content (AvgIpc) is 2.98. The molecule has 0 aromatic rings. The fourth-order valence-corrected chi connectivity index (χ4v) is 8.57. The maximum atomic E-state index is 12.5. The van der Waals surface area contributed by atoms with Gasteiger partial charge in [-0.1, -0.05) is 19.8 Å². The molecule has 0 unspecified atom stereocenters. The summed E-state index contributed by atoms with van der Waals surface area (Å²) in [6, 6.07) is 0. The molecule has 0 saturated heterocycles. The summed E-state index contributed by atoms with van der Waals surface area (Å²) >= 11 is 0. The molecule has 4 saturated carbocycles. The molecule has 0 amide bonds. The number of aliphatic hydroxyl groups is 2. The van der Waals surface area contributed by atoms with Gasteiger partial charge in [-0.3, -0.25) is 4.79 Å². The lowest BCUT2D eigenvalue weighted by atomic mass is 9.43. The van der Waals surface area contributed by atoms with E-state index in [2.05, 4.69) is 6.92 Å². The van der Waals surface area contributed by atoms with Gasteiger partial charge in [0.25, 0.3) is 0 Å². The van der Waals surface area contributed by atoms with Gasteiger partial charge in [0.15, 0.2) is 0 Å². The maximum Gasteiger partial charge on any atom is 0.311 e. The first-order chi connectivity index (χ1) is 14.0. The van der Waals surface area contributed by atoms with Gasteiger partial charge in [-0.05, 0) is 102 Å². The number of fused-ring (bicyclic) bond motifs is 5. The Bertz CT molecular complexity index is 668. The standard InChI is InChI=1S/C26H44O4/c1-17(30-22(28)23(2,3)4)19-12-15-26(29)21-10-9-18-8-6-7-13-25(18,16-27)20(21)11-14-24(19,26)5/h17-21,27,29H,6-16H2,1-5H3/t17-,18-,19+,20-,21+,24+,25+,26-/m0/s1. The van der Waals surface area contributed by atoms with E-state index < -0.39 is 11.0 Å². The Morgan fingerprint density at radius 1 is 1.03 bits per heavy atom. The molecule has 0 aliphatic heterocycles. The molecule has 0 aromatic heterocycles. The predicted molar refractivity (Wildman–Crippen MR) is 118 cm³/mol. The first-order valence-electron chi connectivity index (χ1n) is 12.5. The highest BCUT2D eigenvalue weighted by Gasteiger charge is 2.68. The maximum absolute atomic E-state index is 12.5. The van der Waals surface area contributed by atoms with E-state index in [0.29, 0.717) is 11.8 Å². The zero-order valence-electron chi connectivity index (χ0n) is 19.9. The number of rotatable bonds is 3. The van der Waals surface area contributed by atoms with Crippen LogP contribution in [-0.4, -0.2) is 34.5 Å². The molecule has 0 bridgehead atoms. The van der Waals surface area contributed by atoms with Crippen LogP contribution in [0.1, 0.15) is 98.8 Å². The molecule has 0 heterocycles. The average molecular weight is 421 g/mol. The number of carbonyl (C=O) groups excluding carboxylic acids is 1. The minimum absolute atomic E-state index is 0.0284. The molecule has 0 spiro atoms. The number of aliphatic hydroxyl groups excluding tert-OH is 1. The summed E-state index contributed by atoms with van der Waals surface area (Å²) in [7, 11) is 0. The lowest BCUT2D eigenvalue weighted by molar-refractivity contribution is -0.223. The first-order valence-corrected chi connectivity index (χ1v) is 12.5. The van der Waals surface area contributed by atoms with E-state index >= 15 is 0 Å². The van der Waals surface area contributed by atoms with Crippen molar-refractivity contribution in [3.8, 4) is 0 Å². The summed E-state index contributed by atoms with van der Waals surface area (Å²) in [5.74, 6) is 1.39. The molecule has 172 valence electrons. The van der Waals surface area contributed by atoms with Crippen molar-refractivity contribution in [3.63, 3.8) is 0 Å². The van der Waals surface area contributed by atoms with Crippen molar-refractivity contribution in [2.24, 2.45) is 39.9 Å². The Kier molecular flexibility index (Phi) is 5.62. The van der Waals surface area contributed by atoms with Crippen LogP contribution in [0.3, 0.4) is 0 Å². The fourth-order valence-electron chi connectivity index (χ4n) is 8.57. The molecule has 4 rings (SSSR count). The monoisotopic (exact) mass is 420 g/mol. The Morgan fingerprint density at radius 2 is 1.77 bits per heavy atom. The lowest BCUT2D eigenvalue weighted by Crippen LogP contribution is -2.63. The SMILES string of the molecule is C[C@H](OC(=O)C(C)(C)C)[C@H]1CC[C@]2(O)[C@@H]3CC[C@@H]4CCCC[C@]4(CO)[C@H]3CC[C@]12C. The summed E-state index contributed by atoms with van der Waals surface area (Å²) in [5, 5.41) is 22.8. The highest BCUT2D eigenvalue weighted by molar-refractivity contribution is 5.75. The number of carbonyl (C=O) groups is 1. The Morgan fingerprint density at radius 3 is 2.43 bits per heavy atom. The third kappa shape index (κ3) is 3.10. The zero-order valence-corrected chi connectivity index (χ0v) is 19.9. The van der Waals surface area contributed by atoms with Crippen LogP contribution < -0.4 is 0 Å². The van der Waals surface area contributed by atoms with Gasteiger partial charge in [-0.2, -0.15) is 0 Å². The van der Waals surface area contributed by atoms with E-state index in [1.54, 1.807) is 0 Å². The highest BCUT2D eigenvalue weighted by atomic mass is 16.5. The van der Waals surface area contributed by atoms with Gasteiger partial charge in [0, 0.05) is 17.9 Å². The minimum atomic E-state index is -0.701. The molecule has 0 aromatic carbocycles. The lowest BCUT2D eigenvalue weighted by Gasteiger charge is -2.64. The van der Waals surface area contributed by atoms with Crippen LogP contribution in [0, 0.1) is 39.9 Å². The fraction of sp³-hybridized carbons (Fsp3) is 0.962. The Hall–Kier alpha value is -0.610. The van der Waals surface area contributed by atoms with Gasteiger partial charge in [-0.25, -0.2) is 0 Å². The molecule has 0 radical (unpaired) electrons. The quantitative estimate of drug-likeness (QED) is 0.623. The van der Waals surface area contributed by atoms with Gasteiger partial charge in [-0.15, -0.1) is 0 Å². The summed E-state index contributed by atoms with van der Waals surface area (Å²) in [6.07, 6.45) is 10.8. The molecule has 4 aliphatic carbocycles. The summed E-state index contributed by atoms with van der Waals surface area (Å²) in [5.41, 5.74) is -1.40. The summed E-state index contributed by atoms with van der Waals surface area (Å²) in [6.45, 7) is 10.3. The second-order valence-corrected chi connectivity index (χ2v) is 12.5. The number of hydrogen-bond donors (Lipinski definition) is 2. The highest BCUT2D eigenvalue weighted by Crippen LogP contribution is 2.69. The molecular weight excluding hydrogens is 376 g/mol. The van der Waals surface area contributed by atoms with E-state index in [1.807, 2.05) is 27.7 Å². The smallest absolute Gasteiger partial charge is 0.311 e. The molecule has 30 heavy (non-hydrogen) atoms. The van der Waals surface area contributed by atoms with Crippen molar-refractivity contribution < 1.29 is 19.7 Å². The molecular formula is C26H44O4. The van der Waals surface area contributed by atoms with Gasteiger partial charge >= 0.3 is 5.97 Å². The van der Waals surface area contributed by atoms with Crippen LogP contribution in [0.2, 0.25) is 0 Å². The summed E-state index contributed by atoms with van der Waals surface area (Å²) in [4.78, 5) is 12.5. The largest absolute Gasteiger partial charge is 0.462 e. The summed E-state index contributed by atoms with van der Waals surface area (Å²) < 4.78 is 5.93. The zero-order chi connectivity index (χ0) is 21.9. The van der Waals surface area contributed by atoms with Gasteiger partial charge in [0.2, 0.25) is 0 Å². The second kappa shape index (κ2) is 7.47. The Labute approximate surface area is 183 Å². The van der Waals surface area contributed by atoms with Gasteiger partial charge < -0.3 is 14.9 Å². The van der Waals surface area contributed by atoms with Crippen LogP contribution in [-0.2, 0) is 9.53 Å². The molecule has 4 fully saturated rings. The molecule has 4 nitrogen and oxygen atoms in total. The third-order valence-corrected chi connectivity index (χ3v) is 10.3. The van der Waals surface area contributed by atoms with Crippen LogP contribution in [0.5, 0.6) is 0 Å². The van der Waals surface area contributed by atoms with E-state index in [1.165, 1.54) is 19.3 Å². The molecule has 2 N–H and O–H groups in total. The number of esters is 1. The number of ether oxygens (including phenoxy) is 1. The first kappa shape index (κ1) is 22.6. The van der Waals surface area contributed by atoms with Crippen LogP contribution in [0.25, 0.3) is 0 Å². The predicted octanol–water partition coefficient (Wildman–Crippen LogP) is 5.10. The molecule has 4 heteroatoms. The molecule has 4 aliphatic rings. The van der Waals surface area contributed by atoms with Crippen LogP contribution in [0.4, 0.5) is 0 Å². The van der Waals surface area contributed by atoms with E-state index in [4.69, 9.17) is 4.74 Å². The van der Waals surface area contributed by atoms with Gasteiger partial charge in [0.1, 0.15) is 6.10 Å². The normalized spacial score (nSPS) is 47.0.